The summed E-state index contributed by atoms with van der Waals surface area (Å²) in [5, 5.41) is 10.6. The van der Waals surface area contributed by atoms with Crippen molar-refractivity contribution in [2.75, 3.05) is 6.54 Å². The molecule has 0 saturated heterocycles. The van der Waals surface area contributed by atoms with E-state index in [4.69, 9.17) is 28.3 Å². The third kappa shape index (κ3) is 3.38. The largest absolute Gasteiger partial charge is 0.465 e. The number of Topliss-reactive ketones (excluding diaryl/α,β-unsaturated/α-hetero) is 1. The molecule has 0 aliphatic carbocycles. The first-order valence-corrected chi connectivity index (χ1v) is 4.57. The van der Waals surface area contributed by atoms with Gasteiger partial charge in [0.1, 0.15) is 5.69 Å². The van der Waals surface area contributed by atoms with E-state index in [1.165, 1.54) is 12.3 Å². The Morgan fingerprint density at radius 1 is 1.47 bits per heavy atom. The predicted molar refractivity (Wildman–Crippen MR) is 54.6 cm³/mol. The van der Waals surface area contributed by atoms with Gasteiger partial charge in [-0.3, -0.25) is 4.79 Å². The Morgan fingerprint density at radius 3 is 2.67 bits per heavy atom. The second-order valence-corrected chi connectivity index (χ2v) is 3.41. The van der Waals surface area contributed by atoms with Crippen molar-refractivity contribution in [1.29, 1.82) is 0 Å². The van der Waals surface area contributed by atoms with Crippen molar-refractivity contribution in [3.8, 4) is 0 Å². The fourth-order valence-electron chi connectivity index (χ4n) is 0.859. The molecule has 0 bridgehead atoms. The standard InChI is InChI=1S/C8H6Cl2N2O3/c9-4-1-5(10)7(11-2-4)6(13)3-12-8(14)15/h1-2,12H,3H2,(H,14,15). The summed E-state index contributed by atoms with van der Waals surface area (Å²) in [5.41, 5.74) is -0.00480. The number of rotatable bonds is 3. The van der Waals surface area contributed by atoms with Crippen molar-refractivity contribution in [3.05, 3.63) is 28.0 Å². The van der Waals surface area contributed by atoms with Crippen LogP contribution in [0.4, 0.5) is 4.79 Å². The minimum Gasteiger partial charge on any atom is -0.465 e. The normalized spacial score (nSPS) is 9.73. The summed E-state index contributed by atoms with van der Waals surface area (Å²) in [7, 11) is 0. The second-order valence-electron chi connectivity index (χ2n) is 2.57. The number of nitrogens with one attached hydrogen (secondary N) is 1. The van der Waals surface area contributed by atoms with Gasteiger partial charge < -0.3 is 10.4 Å². The van der Waals surface area contributed by atoms with Crippen molar-refractivity contribution in [2.45, 2.75) is 0 Å². The van der Waals surface area contributed by atoms with E-state index < -0.39 is 11.9 Å². The van der Waals surface area contributed by atoms with Crippen LogP contribution < -0.4 is 5.32 Å². The third-order valence-corrected chi connectivity index (χ3v) is 1.97. The number of amides is 1. The molecule has 0 aromatic carbocycles. The molecule has 0 atom stereocenters. The molecule has 0 aliphatic heterocycles. The molecule has 0 unspecified atom stereocenters. The molecular formula is C8H6Cl2N2O3. The summed E-state index contributed by atoms with van der Waals surface area (Å²) >= 11 is 11.3. The van der Waals surface area contributed by atoms with E-state index in [1.54, 1.807) is 0 Å². The Balaban J connectivity index is 2.78. The quantitative estimate of drug-likeness (QED) is 0.801. The minimum atomic E-state index is -1.28. The summed E-state index contributed by atoms with van der Waals surface area (Å²) in [6.07, 6.45) is -0.0185. The van der Waals surface area contributed by atoms with Crippen molar-refractivity contribution in [1.82, 2.24) is 10.3 Å². The van der Waals surface area contributed by atoms with E-state index in [2.05, 4.69) is 4.98 Å². The molecule has 0 radical (unpaired) electrons. The van der Waals surface area contributed by atoms with Crippen molar-refractivity contribution < 1.29 is 14.7 Å². The SMILES string of the molecule is O=C(O)NCC(=O)c1ncc(Cl)cc1Cl. The summed E-state index contributed by atoms with van der Waals surface area (Å²) in [6.45, 7) is -0.371. The van der Waals surface area contributed by atoms with Crippen LogP contribution in [0.3, 0.4) is 0 Å². The number of aromatic nitrogens is 1. The van der Waals surface area contributed by atoms with E-state index in [-0.39, 0.29) is 17.3 Å². The fourth-order valence-corrected chi connectivity index (χ4v) is 1.34. The molecule has 1 aromatic rings. The summed E-state index contributed by atoms with van der Waals surface area (Å²) in [6, 6.07) is 1.37. The number of ketones is 1. The second kappa shape index (κ2) is 4.95. The molecule has 15 heavy (non-hydrogen) atoms. The zero-order valence-corrected chi connectivity index (χ0v) is 8.84. The summed E-state index contributed by atoms with van der Waals surface area (Å²) in [5.74, 6) is -0.515. The first-order chi connectivity index (χ1) is 7.00. The van der Waals surface area contributed by atoms with Crippen LogP contribution in [-0.4, -0.2) is 28.5 Å². The minimum absolute atomic E-state index is 0.00480. The molecule has 0 aliphatic rings. The van der Waals surface area contributed by atoms with Crippen LogP contribution >= 0.6 is 23.2 Å². The average molecular weight is 249 g/mol. The van der Waals surface area contributed by atoms with Gasteiger partial charge in [0.05, 0.1) is 16.6 Å². The van der Waals surface area contributed by atoms with Gasteiger partial charge in [0.25, 0.3) is 0 Å². The molecule has 1 amide bonds. The van der Waals surface area contributed by atoms with Crippen LogP contribution in [0.15, 0.2) is 12.3 Å². The number of pyridine rings is 1. The van der Waals surface area contributed by atoms with Gasteiger partial charge in [-0.25, -0.2) is 9.78 Å². The van der Waals surface area contributed by atoms with E-state index in [1.807, 2.05) is 5.32 Å². The molecule has 1 rings (SSSR count). The Morgan fingerprint density at radius 2 is 2.13 bits per heavy atom. The lowest BCUT2D eigenvalue weighted by Crippen LogP contribution is -2.28. The van der Waals surface area contributed by atoms with Crippen LogP contribution in [0, 0.1) is 0 Å². The predicted octanol–water partition coefficient (Wildman–Crippen LogP) is 1.84. The summed E-state index contributed by atoms with van der Waals surface area (Å²) in [4.78, 5) is 25.2. The van der Waals surface area contributed by atoms with Crippen molar-refractivity contribution >= 4 is 35.1 Å². The van der Waals surface area contributed by atoms with Gasteiger partial charge in [-0.15, -0.1) is 0 Å². The first-order valence-electron chi connectivity index (χ1n) is 3.81. The molecule has 0 saturated carbocycles. The highest BCUT2D eigenvalue weighted by Gasteiger charge is 2.13. The van der Waals surface area contributed by atoms with Gasteiger partial charge in [-0.1, -0.05) is 23.2 Å². The monoisotopic (exact) mass is 248 g/mol. The third-order valence-electron chi connectivity index (χ3n) is 1.47. The number of nitrogens with zero attached hydrogens (tertiary/aromatic N) is 1. The molecular weight excluding hydrogens is 243 g/mol. The van der Waals surface area contributed by atoms with Gasteiger partial charge in [0.2, 0.25) is 5.78 Å². The van der Waals surface area contributed by atoms with Gasteiger partial charge >= 0.3 is 6.09 Å². The molecule has 1 heterocycles. The van der Waals surface area contributed by atoms with Crippen LogP contribution in [0.25, 0.3) is 0 Å². The van der Waals surface area contributed by atoms with Crippen LogP contribution in [0.2, 0.25) is 10.0 Å². The van der Waals surface area contributed by atoms with E-state index >= 15 is 0 Å². The summed E-state index contributed by atoms with van der Waals surface area (Å²) < 4.78 is 0. The molecule has 5 nitrogen and oxygen atoms in total. The molecule has 1 aromatic heterocycles. The molecule has 80 valence electrons. The Kier molecular flexibility index (Phi) is 3.88. The molecule has 0 spiro atoms. The lowest BCUT2D eigenvalue weighted by atomic mass is 10.2. The van der Waals surface area contributed by atoms with Crippen molar-refractivity contribution in [3.63, 3.8) is 0 Å². The van der Waals surface area contributed by atoms with E-state index in [0.717, 1.165) is 0 Å². The fraction of sp³-hybridized carbons (Fsp3) is 0.125. The van der Waals surface area contributed by atoms with Crippen LogP contribution in [0.5, 0.6) is 0 Å². The lowest BCUT2D eigenvalue weighted by Gasteiger charge is -2.02. The highest BCUT2D eigenvalue weighted by atomic mass is 35.5. The smallest absolute Gasteiger partial charge is 0.405 e. The van der Waals surface area contributed by atoms with Gasteiger partial charge in [-0.2, -0.15) is 0 Å². The highest BCUT2D eigenvalue weighted by molar-refractivity contribution is 6.36. The maximum atomic E-state index is 11.4. The zero-order chi connectivity index (χ0) is 11.4. The Labute approximate surface area is 95.0 Å². The highest BCUT2D eigenvalue weighted by Crippen LogP contribution is 2.18. The number of carbonyl (C=O) groups is 2. The number of carbonyl (C=O) groups excluding carboxylic acids is 1. The number of hydrogen-bond donors (Lipinski definition) is 2. The topological polar surface area (TPSA) is 79.3 Å². The maximum absolute atomic E-state index is 11.4. The average Bonchev–Trinajstić information content (AvgIpc) is 2.14. The van der Waals surface area contributed by atoms with E-state index in [0.29, 0.717) is 5.02 Å². The first kappa shape index (κ1) is 11.7. The van der Waals surface area contributed by atoms with Crippen molar-refractivity contribution in [2.24, 2.45) is 0 Å². The van der Waals surface area contributed by atoms with Gasteiger partial charge in [0, 0.05) is 6.20 Å². The number of hydrogen-bond acceptors (Lipinski definition) is 3. The van der Waals surface area contributed by atoms with Crippen LogP contribution in [-0.2, 0) is 0 Å². The molecule has 7 heteroatoms. The van der Waals surface area contributed by atoms with Crippen LogP contribution in [0.1, 0.15) is 10.5 Å². The molecule has 2 N–H and O–H groups in total. The number of halogens is 2. The van der Waals surface area contributed by atoms with Gasteiger partial charge in [-0.05, 0) is 6.07 Å². The Bertz CT molecular complexity index is 409. The van der Waals surface area contributed by atoms with Gasteiger partial charge in [0.15, 0.2) is 0 Å². The lowest BCUT2D eigenvalue weighted by molar-refractivity contribution is 0.0982. The molecule has 0 fully saturated rings. The number of carboxylic acid groups (broad SMARTS) is 1. The zero-order valence-electron chi connectivity index (χ0n) is 7.33. The van der Waals surface area contributed by atoms with E-state index in [9.17, 15) is 9.59 Å². The maximum Gasteiger partial charge on any atom is 0.405 e. The Hall–Kier alpha value is -1.33.